The number of nitrogens with zero attached hydrogens (tertiary/aromatic N) is 1. The lowest BCUT2D eigenvalue weighted by Crippen LogP contribution is -2.44. The SMILES string of the molecule is CC(=O)NC(CC(=O)NCCCN1CCNCC1)c1ccc(F)cc1F.Cl. The number of piperazine rings is 1. The average Bonchev–Trinajstić information content (AvgIpc) is 2.59. The summed E-state index contributed by atoms with van der Waals surface area (Å²) in [6.45, 7) is 6.68. The van der Waals surface area contributed by atoms with Gasteiger partial charge in [0.25, 0.3) is 0 Å². The first-order valence-corrected chi connectivity index (χ1v) is 8.87. The molecule has 1 heterocycles. The highest BCUT2D eigenvalue weighted by Crippen LogP contribution is 2.21. The van der Waals surface area contributed by atoms with Gasteiger partial charge < -0.3 is 20.9 Å². The quantitative estimate of drug-likeness (QED) is 0.572. The number of benzene rings is 1. The largest absolute Gasteiger partial charge is 0.356 e. The Morgan fingerprint density at radius 2 is 1.96 bits per heavy atom. The van der Waals surface area contributed by atoms with Crippen LogP contribution in [-0.4, -0.2) is 56.0 Å². The van der Waals surface area contributed by atoms with Crippen molar-refractivity contribution in [3.63, 3.8) is 0 Å². The highest BCUT2D eigenvalue weighted by Gasteiger charge is 2.20. The molecular weight excluding hydrogens is 378 g/mol. The molecule has 1 aliphatic heterocycles. The van der Waals surface area contributed by atoms with E-state index >= 15 is 0 Å². The standard InChI is InChI=1S/C18H26F2N4O2.ClH/c1-13(25)23-17(15-4-3-14(19)11-16(15)20)12-18(26)22-5-2-8-24-9-6-21-7-10-24;/h3-4,11,17,21H,2,5-10,12H2,1H3,(H,22,26)(H,23,25);1H. The highest BCUT2D eigenvalue weighted by atomic mass is 35.5. The first kappa shape index (κ1) is 23.3. The first-order chi connectivity index (χ1) is 12.5. The summed E-state index contributed by atoms with van der Waals surface area (Å²) in [5.41, 5.74) is 0.0950. The zero-order valence-corrected chi connectivity index (χ0v) is 16.2. The summed E-state index contributed by atoms with van der Waals surface area (Å²) in [5, 5.41) is 8.63. The van der Waals surface area contributed by atoms with Crippen LogP contribution < -0.4 is 16.0 Å². The lowest BCUT2D eigenvalue weighted by molar-refractivity contribution is -0.122. The zero-order chi connectivity index (χ0) is 18.9. The second kappa shape index (κ2) is 11.8. The Balaban J connectivity index is 0.00000364. The molecule has 2 rings (SSSR count). The number of nitrogens with one attached hydrogen (secondary N) is 3. The van der Waals surface area contributed by atoms with E-state index in [4.69, 9.17) is 0 Å². The van der Waals surface area contributed by atoms with Crippen LogP contribution in [0.1, 0.15) is 31.4 Å². The van der Waals surface area contributed by atoms with Crippen LogP contribution in [0, 0.1) is 11.6 Å². The van der Waals surface area contributed by atoms with Crippen molar-refractivity contribution in [1.82, 2.24) is 20.9 Å². The molecule has 1 fully saturated rings. The van der Waals surface area contributed by atoms with Crippen LogP contribution in [-0.2, 0) is 9.59 Å². The molecule has 0 aromatic heterocycles. The molecule has 9 heteroatoms. The van der Waals surface area contributed by atoms with Gasteiger partial charge in [-0.1, -0.05) is 6.07 Å². The van der Waals surface area contributed by atoms with Gasteiger partial charge in [0.1, 0.15) is 11.6 Å². The van der Waals surface area contributed by atoms with Gasteiger partial charge in [-0.15, -0.1) is 12.4 Å². The van der Waals surface area contributed by atoms with Gasteiger partial charge in [-0.3, -0.25) is 9.59 Å². The summed E-state index contributed by atoms with van der Waals surface area (Å²) in [5.74, 6) is -2.15. The third-order valence-corrected chi connectivity index (χ3v) is 4.29. The summed E-state index contributed by atoms with van der Waals surface area (Å²) in [6, 6.07) is 2.28. The van der Waals surface area contributed by atoms with E-state index in [-0.39, 0.29) is 36.2 Å². The Labute approximate surface area is 164 Å². The van der Waals surface area contributed by atoms with Crippen molar-refractivity contribution in [2.45, 2.75) is 25.8 Å². The molecule has 0 aliphatic carbocycles. The summed E-state index contributed by atoms with van der Waals surface area (Å²) in [6.07, 6.45) is 0.719. The number of amides is 2. The van der Waals surface area contributed by atoms with E-state index in [1.165, 1.54) is 13.0 Å². The smallest absolute Gasteiger partial charge is 0.222 e. The molecule has 1 saturated heterocycles. The van der Waals surface area contributed by atoms with Crippen LogP contribution in [0.15, 0.2) is 18.2 Å². The molecule has 3 N–H and O–H groups in total. The van der Waals surface area contributed by atoms with E-state index in [2.05, 4.69) is 20.9 Å². The number of carbonyl (C=O) groups is 2. The van der Waals surface area contributed by atoms with Crippen molar-refractivity contribution in [1.29, 1.82) is 0 Å². The van der Waals surface area contributed by atoms with Crippen LogP contribution in [0.5, 0.6) is 0 Å². The Bertz CT molecular complexity index is 627. The highest BCUT2D eigenvalue weighted by molar-refractivity contribution is 5.85. The van der Waals surface area contributed by atoms with E-state index < -0.39 is 17.7 Å². The molecule has 27 heavy (non-hydrogen) atoms. The minimum Gasteiger partial charge on any atom is -0.356 e. The zero-order valence-electron chi connectivity index (χ0n) is 15.4. The summed E-state index contributed by atoms with van der Waals surface area (Å²) in [4.78, 5) is 25.9. The number of hydrogen-bond acceptors (Lipinski definition) is 4. The lowest BCUT2D eigenvalue weighted by Gasteiger charge is -2.27. The Hall–Kier alpha value is -1.77. The molecular formula is C18H27ClF2N4O2. The van der Waals surface area contributed by atoms with E-state index in [9.17, 15) is 18.4 Å². The van der Waals surface area contributed by atoms with E-state index in [1.54, 1.807) is 0 Å². The fourth-order valence-electron chi connectivity index (χ4n) is 2.99. The third-order valence-electron chi connectivity index (χ3n) is 4.29. The van der Waals surface area contributed by atoms with Crippen LogP contribution in [0.3, 0.4) is 0 Å². The number of carbonyl (C=O) groups excluding carboxylic acids is 2. The molecule has 152 valence electrons. The minimum absolute atomic E-state index is 0. The molecule has 0 bridgehead atoms. The average molecular weight is 405 g/mol. The van der Waals surface area contributed by atoms with Gasteiger partial charge in [-0.05, 0) is 19.0 Å². The lowest BCUT2D eigenvalue weighted by atomic mass is 10.0. The van der Waals surface area contributed by atoms with Gasteiger partial charge in [0, 0.05) is 51.3 Å². The van der Waals surface area contributed by atoms with Gasteiger partial charge in [0.05, 0.1) is 12.5 Å². The summed E-state index contributed by atoms with van der Waals surface area (Å²) < 4.78 is 27.1. The van der Waals surface area contributed by atoms with Crippen LogP contribution in [0.25, 0.3) is 0 Å². The van der Waals surface area contributed by atoms with Crippen LogP contribution >= 0.6 is 12.4 Å². The number of rotatable bonds is 8. The predicted molar refractivity (Wildman–Crippen MR) is 102 cm³/mol. The van der Waals surface area contributed by atoms with E-state index in [0.717, 1.165) is 51.3 Å². The van der Waals surface area contributed by atoms with Crippen molar-refractivity contribution in [2.24, 2.45) is 0 Å². The summed E-state index contributed by atoms with van der Waals surface area (Å²) in [7, 11) is 0. The number of halogens is 3. The van der Waals surface area contributed by atoms with Gasteiger partial charge >= 0.3 is 0 Å². The van der Waals surface area contributed by atoms with Gasteiger partial charge in [0.2, 0.25) is 11.8 Å². The molecule has 0 radical (unpaired) electrons. The van der Waals surface area contributed by atoms with Crippen molar-refractivity contribution in [3.05, 3.63) is 35.4 Å². The second-order valence-corrected chi connectivity index (χ2v) is 6.42. The molecule has 1 aromatic carbocycles. The van der Waals surface area contributed by atoms with Gasteiger partial charge in [-0.25, -0.2) is 8.78 Å². The molecule has 6 nitrogen and oxygen atoms in total. The van der Waals surface area contributed by atoms with Crippen LogP contribution in [0.4, 0.5) is 8.78 Å². The van der Waals surface area contributed by atoms with E-state index in [1.807, 2.05) is 0 Å². The molecule has 1 aromatic rings. The molecule has 0 saturated carbocycles. The molecule has 2 amide bonds. The van der Waals surface area contributed by atoms with Gasteiger partial charge in [-0.2, -0.15) is 0 Å². The molecule has 1 atom stereocenters. The van der Waals surface area contributed by atoms with Crippen LogP contribution in [0.2, 0.25) is 0 Å². The predicted octanol–water partition coefficient (Wildman–Crippen LogP) is 1.37. The van der Waals surface area contributed by atoms with E-state index in [0.29, 0.717) is 6.54 Å². The maximum Gasteiger partial charge on any atom is 0.222 e. The fourth-order valence-corrected chi connectivity index (χ4v) is 2.99. The normalized spacial score (nSPS) is 15.5. The van der Waals surface area contributed by atoms with Crippen molar-refractivity contribution in [2.75, 3.05) is 39.3 Å². The fraction of sp³-hybridized carbons (Fsp3) is 0.556. The maximum atomic E-state index is 14.0. The summed E-state index contributed by atoms with van der Waals surface area (Å²) >= 11 is 0. The second-order valence-electron chi connectivity index (χ2n) is 6.42. The monoisotopic (exact) mass is 404 g/mol. The van der Waals surface area contributed by atoms with Crippen molar-refractivity contribution in [3.8, 4) is 0 Å². The topological polar surface area (TPSA) is 73.5 Å². The maximum absolute atomic E-state index is 14.0. The Kier molecular flexibility index (Phi) is 10.2. The van der Waals surface area contributed by atoms with Gasteiger partial charge in [0.15, 0.2) is 0 Å². The molecule has 1 unspecified atom stereocenters. The van der Waals surface area contributed by atoms with Crippen molar-refractivity contribution >= 4 is 24.2 Å². The Morgan fingerprint density at radius 3 is 2.59 bits per heavy atom. The third kappa shape index (κ3) is 8.19. The van der Waals surface area contributed by atoms with Crippen molar-refractivity contribution < 1.29 is 18.4 Å². The molecule has 1 aliphatic rings. The molecule has 0 spiro atoms. The minimum atomic E-state index is -0.832. The number of hydrogen-bond donors (Lipinski definition) is 3. The Morgan fingerprint density at radius 1 is 1.26 bits per heavy atom. The first-order valence-electron chi connectivity index (χ1n) is 8.87.